The third-order valence-electron chi connectivity index (χ3n) is 6.42. The average Bonchev–Trinajstić information content (AvgIpc) is 2.81. The molecule has 1 amide bonds. The van der Waals surface area contributed by atoms with Crippen molar-refractivity contribution < 1.29 is 9.69 Å². The Hall–Kier alpha value is -2.91. The van der Waals surface area contributed by atoms with Crippen molar-refractivity contribution in [3.63, 3.8) is 0 Å². The molecular formula is C28H33N2O+. The highest BCUT2D eigenvalue weighted by Crippen LogP contribution is 2.16. The quantitative estimate of drug-likeness (QED) is 0.604. The molecule has 1 aliphatic heterocycles. The van der Waals surface area contributed by atoms with Crippen LogP contribution in [-0.4, -0.2) is 19.0 Å². The fourth-order valence-corrected chi connectivity index (χ4v) is 4.47. The second-order valence-electron chi connectivity index (χ2n) is 8.93. The summed E-state index contributed by atoms with van der Waals surface area (Å²) in [6, 6.07) is 27.3. The van der Waals surface area contributed by atoms with Gasteiger partial charge in [0.25, 0.3) is 5.91 Å². The second-order valence-corrected chi connectivity index (χ2v) is 8.93. The van der Waals surface area contributed by atoms with Crippen LogP contribution in [0.3, 0.4) is 0 Å². The van der Waals surface area contributed by atoms with Gasteiger partial charge in [0, 0.05) is 17.7 Å². The van der Waals surface area contributed by atoms with E-state index in [1.807, 2.05) is 12.1 Å². The van der Waals surface area contributed by atoms with Crippen LogP contribution < -0.4 is 10.2 Å². The van der Waals surface area contributed by atoms with E-state index in [-0.39, 0.29) is 5.91 Å². The minimum absolute atomic E-state index is 0.0128. The van der Waals surface area contributed by atoms with Crippen molar-refractivity contribution in [2.75, 3.05) is 13.1 Å². The molecule has 0 saturated carbocycles. The summed E-state index contributed by atoms with van der Waals surface area (Å²) in [7, 11) is 0. The molecule has 0 aliphatic carbocycles. The summed E-state index contributed by atoms with van der Waals surface area (Å²) in [5.41, 5.74) is 5.86. The summed E-state index contributed by atoms with van der Waals surface area (Å²) in [5, 5.41) is 3.02. The second kappa shape index (κ2) is 10.4. The number of piperidine rings is 1. The Morgan fingerprint density at radius 2 is 1.48 bits per heavy atom. The van der Waals surface area contributed by atoms with Crippen LogP contribution >= 0.6 is 0 Å². The lowest BCUT2D eigenvalue weighted by Gasteiger charge is -2.29. The Balaban J connectivity index is 1.22. The van der Waals surface area contributed by atoms with Gasteiger partial charge in [-0.15, -0.1) is 0 Å². The lowest BCUT2D eigenvalue weighted by molar-refractivity contribution is -0.919. The summed E-state index contributed by atoms with van der Waals surface area (Å²) in [4.78, 5) is 14.1. The van der Waals surface area contributed by atoms with Gasteiger partial charge in [0.1, 0.15) is 6.54 Å². The average molecular weight is 414 g/mol. The zero-order valence-electron chi connectivity index (χ0n) is 18.4. The Labute approximate surface area is 186 Å². The van der Waals surface area contributed by atoms with Gasteiger partial charge >= 0.3 is 0 Å². The van der Waals surface area contributed by atoms with E-state index in [4.69, 9.17) is 0 Å². The molecule has 0 radical (unpaired) electrons. The molecule has 1 fully saturated rings. The molecule has 1 heterocycles. The van der Waals surface area contributed by atoms with Crippen LogP contribution in [0.4, 0.5) is 0 Å². The van der Waals surface area contributed by atoms with Gasteiger partial charge in [0.2, 0.25) is 0 Å². The number of quaternary nitrogens is 1. The number of nitrogens with one attached hydrogen (secondary N) is 2. The molecule has 160 valence electrons. The molecule has 1 aliphatic rings. The maximum absolute atomic E-state index is 12.5. The number of aryl methyl sites for hydroxylation is 1. The SMILES string of the molecule is Cc1ccc(CNC(=O)c2ccc(C[NH+]3CCC(Cc4ccccc4)CC3)cc2)cc1. The van der Waals surface area contributed by atoms with E-state index in [0.29, 0.717) is 6.54 Å². The maximum Gasteiger partial charge on any atom is 0.251 e. The van der Waals surface area contributed by atoms with Crippen LogP contribution in [-0.2, 0) is 19.5 Å². The standard InChI is InChI=1S/C28H32N2O/c1-22-7-9-25(10-8-22)20-29-28(31)27-13-11-26(12-14-27)21-30-17-15-24(16-18-30)19-23-5-3-2-4-6-23/h2-14,24H,15-21H2,1H3,(H,29,31)/p+1. The highest BCUT2D eigenvalue weighted by Gasteiger charge is 2.22. The van der Waals surface area contributed by atoms with Gasteiger partial charge in [-0.1, -0.05) is 72.3 Å². The van der Waals surface area contributed by atoms with Crippen LogP contribution in [0.2, 0.25) is 0 Å². The van der Waals surface area contributed by atoms with E-state index in [1.165, 1.54) is 49.0 Å². The molecule has 0 unspecified atom stereocenters. The minimum atomic E-state index is -0.0128. The number of hydrogen-bond acceptors (Lipinski definition) is 1. The lowest BCUT2D eigenvalue weighted by Crippen LogP contribution is -3.11. The van der Waals surface area contributed by atoms with Gasteiger partial charge in [-0.2, -0.15) is 0 Å². The van der Waals surface area contributed by atoms with Gasteiger partial charge in [-0.05, 0) is 55.4 Å². The number of carbonyl (C=O) groups excluding carboxylic acids is 1. The van der Waals surface area contributed by atoms with Crippen molar-refractivity contribution in [1.82, 2.24) is 5.32 Å². The summed E-state index contributed by atoms with van der Waals surface area (Å²) < 4.78 is 0. The highest BCUT2D eigenvalue weighted by atomic mass is 16.1. The van der Waals surface area contributed by atoms with Crippen LogP contribution in [0.5, 0.6) is 0 Å². The third kappa shape index (κ3) is 6.28. The van der Waals surface area contributed by atoms with Crippen molar-refractivity contribution in [2.45, 2.75) is 39.3 Å². The molecule has 3 aromatic rings. The van der Waals surface area contributed by atoms with Crippen molar-refractivity contribution in [3.05, 3.63) is 107 Å². The van der Waals surface area contributed by atoms with E-state index in [2.05, 4.69) is 79.0 Å². The predicted octanol–water partition coefficient (Wildman–Crippen LogP) is 3.96. The van der Waals surface area contributed by atoms with Crippen LogP contribution in [0.25, 0.3) is 0 Å². The lowest BCUT2D eigenvalue weighted by atomic mass is 9.90. The van der Waals surface area contributed by atoms with E-state index in [0.717, 1.165) is 23.6 Å². The van der Waals surface area contributed by atoms with Gasteiger partial charge in [0.05, 0.1) is 13.1 Å². The number of amides is 1. The summed E-state index contributed by atoms with van der Waals surface area (Å²) >= 11 is 0. The van der Waals surface area contributed by atoms with Crippen LogP contribution in [0.1, 0.15) is 45.5 Å². The molecule has 0 aromatic heterocycles. The first-order valence-electron chi connectivity index (χ1n) is 11.5. The normalized spacial score (nSPS) is 18.5. The van der Waals surface area contributed by atoms with Crippen molar-refractivity contribution in [2.24, 2.45) is 5.92 Å². The van der Waals surface area contributed by atoms with E-state index >= 15 is 0 Å². The molecule has 4 rings (SSSR count). The molecule has 0 spiro atoms. The molecule has 1 saturated heterocycles. The Morgan fingerprint density at radius 3 is 2.16 bits per heavy atom. The Morgan fingerprint density at radius 1 is 0.839 bits per heavy atom. The minimum Gasteiger partial charge on any atom is -0.348 e. The first kappa shape index (κ1) is 21.3. The van der Waals surface area contributed by atoms with Gasteiger partial charge < -0.3 is 10.2 Å². The van der Waals surface area contributed by atoms with Crippen LogP contribution in [0.15, 0.2) is 78.9 Å². The number of benzene rings is 3. The molecule has 31 heavy (non-hydrogen) atoms. The molecule has 0 atom stereocenters. The predicted molar refractivity (Wildman–Crippen MR) is 126 cm³/mol. The molecule has 2 N–H and O–H groups in total. The van der Waals surface area contributed by atoms with Gasteiger partial charge in [-0.25, -0.2) is 0 Å². The van der Waals surface area contributed by atoms with Gasteiger partial charge in [-0.3, -0.25) is 4.79 Å². The van der Waals surface area contributed by atoms with Crippen LogP contribution in [0, 0.1) is 12.8 Å². The number of rotatable bonds is 7. The summed E-state index contributed by atoms with van der Waals surface area (Å²) in [6.45, 7) is 6.14. The summed E-state index contributed by atoms with van der Waals surface area (Å²) in [5.74, 6) is 0.798. The first-order chi connectivity index (χ1) is 15.2. The monoisotopic (exact) mass is 413 g/mol. The molecule has 0 bridgehead atoms. The molecule has 3 nitrogen and oxygen atoms in total. The fourth-order valence-electron chi connectivity index (χ4n) is 4.47. The van der Waals surface area contributed by atoms with Crippen molar-refractivity contribution >= 4 is 5.91 Å². The molecule has 3 aromatic carbocycles. The highest BCUT2D eigenvalue weighted by molar-refractivity contribution is 5.94. The maximum atomic E-state index is 12.5. The summed E-state index contributed by atoms with van der Waals surface area (Å²) in [6.07, 6.45) is 3.80. The number of hydrogen-bond donors (Lipinski definition) is 2. The zero-order chi connectivity index (χ0) is 21.5. The number of likely N-dealkylation sites (tertiary alicyclic amines) is 1. The third-order valence-corrected chi connectivity index (χ3v) is 6.42. The van der Waals surface area contributed by atoms with E-state index in [9.17, 15) is 4.79 Å². The first-order valence-corrected chi connectivity index (χ1v) is 11.5. The number of carbonyl (C=O) groups is 1. The van der Waals surface area contributed by atoms with E-state index < -0.39 is 0 Å². The zero-order valence-corrected chi connectivity index (χ0v) is 18.4. The fraction of sp³-hybridized carbons (Fsp3) is 0.321. The molecule has 3 heteroatoms. The largest absolute Gasteiger partial charge is 0.348 e. The van der Waals surface area contributed by atoms with Crippen molar-refractivity contribution in [3.8, 4) is 0 Å². The smallest absolute Gasteiger partial charge is 0.251 e. The Kier molecular flexibility index (Phi) is 7.16. The van der Waals surface area contributed by atoms with E-state index in [1.54, 1.807) is 4.90 Å². The van der Waals surface area contributed by atoms with Gasteiger partial charge in [0.15, 0.2) is 0 Å². The topological polar surface area (TPSA) is 33.5 Å². The van der Waals surface area contributed by atoms with Crippen molar-refractivity contribution in [1.29, 1.82) is 0 Å². The Bertz CT molecular complexity index is 956. The molecular weight excluding hydrogens is 380 g/mol.